The summed E-state index contributed by atoms with van der Waals surface area (Å²) in [5.74, 6) is 0.134. The van der Waals surface area contributed by atoms with Crippen molar-refractivity contribution in [3.63, 3.8) is 0 Å². The van der Waals surface area contributed by atoms with Crippen LogP contribution in [0.2, 0.25) is 5.02 Å². The predicted octanol–water partition coefficient (Wildman–Crippen LogP) is 2.34. The number of anilines is 1. The number of hydrogen-bond donors (Lipinski definition) is 3. The molecule has 1 rings (SSSR count). The van der Waals surface area contributed by atoms with Crippen LogP contribution in [0.4, 0.5) is 5.69 Å². The van der Waals surface area contributed by atoms with Crippen LogP contribution in [-0.4, -0.2) is 17.6 Å². The molecule has 0 heterocycles. The molecule has 0 fully saturated rings. The smallest absolute Gasteiger partial charge is 0.158 e. The van der Waals surface area contributed by atoms with Gasteiger partial charge in [0.2, 0.25) is 0 Å². The maximum absolute atomic E-state index is 8.26. The molecule has 1 aromatic rings. The van der Waals surface area contributed by atoms with Gasteiger partial charge in [0.25, 0.3) is 0 Å². The number of benzene rings is 1. The summed E-state index contributed by atoms with van der Waals surface area (Å²) < 4.78 is 0. The molecule has 15 heavy (non-hydrogen) atoms. The molecule has 4 nitrogen and oxygen atoms in total. The average Bonchev–Trinajstić information content (AvgIpc) is 2.16. The number of rotatable bonds is 3. The third kappa shape index (κ3) is 6.28. The summed E-state index contributed by atoms with van der Waals surface area (Å²) in [7, 11) is 0. The van der Waals surface area contributed by atoms with E-state index in [-0.39, 0.29) is 30.6 Å². The van der Waals surface area contributed by atoms with Crippen LogP contribution in [-0.2, 0) is 0 Å². The molecule has 0 unspecified atom stereocenters. The van der Waals surface area contributed by atoms with Gasteiger partial charge >= 0.3 is 0 Å². The first kappa shape index (κ1) is 16.6. The van der Waals surface area contributed by atoms with Crippen molar-refractivity contribution in [2.45, 2.75) is 0 Å². The van der Waals surface area contributed by atoms with Crippen molar-refractivity contribution >= 4 is 47.9 Å². The summed E-state index contributed by atoms with van der Waals surface area (Å²) >= 11 is 5.69. The van der Waals surface area contributed by atoms with E-state index >= 15 is 0 Å². The van der Waals surface area contributed by atoms with Crippen LogP contribution in [0, 0.1) is 0 Å². The fourth-order valence-electron chi connectivity index (χ4n) is 0.796. The number of amidine groups is 1. The zero-order valence-electron chi connectivity index (χ0n) is 7.68. The zero-order chi connectivity index (χ0) is 9.68. The van der Waals surface area contributed by atoms with Gasteiger partial charge in [-0.3, -0.25) is 0 Å². The fourth-order valence-corrected chi connectivity index (χ4v) is 0.922. The molecular formula is C8H12Cl3N3O. The molecule has 7 heteroatoms. The monoisotopic (exact) mass is 271 g/mol. The second-order valence-electron chi connectivity index (χ2n) is 2.45. The van der Waals surface area contributed by atoms with Gasteiger partial charge in [-0.25, -0.2) is 0 Å². The molecule has 0 saturated heterocycles. The molecule has 0 saturated carbocycles. The number of nitrogens with one attached hydrogen (secondary N) is 1. The lowest BCUT2D eigenvalue weighted by Gasteiger charge is -2.04. The Morgan fingerprint density at radius 1 is 1.33 bits per heavy atom. The highest BCUT2D eigenvalue weighted by molar-refractivity contribution is 6.30. The van der Waals surface area contributed by atoms with Crippen molar-refractivity contribution in [1.82, 2.24) is 0 Å². The second-order valence-corrected chi connectivity index (χ2v) is 2.89. The summed E-state index contributed by atoms with van der Waals surface area (Å²) in [6.07, 6.45) is 0. The fraction of sp³-hybridized carbons (Fsp3) is 0.125. The first-order chi connectivity index (χ1) is 6.22. The molecule has 86 valence electrons. The van der Waals surface area contributed by atoms with Gasteiger partial charge in [0.05, 0.1) is 6.54 Å². The largest absolute Gasteiger partial charge is 0.409 e. The Hall–Kier alpha value is -0.840. The molecular weight excluding hydrogens is 260 g/mol. The number of nitrogens with zero attached hydrogens (tertiary/aromatic N) is 1. The number of nitrogens with two attached hydrogens (primary N) is 1. The van der Waals surface area contributed by atoms with Crippen LogP contribution >= 0.6 is 36.4 Å². The van der Waals surface area contributed by atoms with Crippen molar-refractivity contribution in [2.24, 2.45) is 10.9 Å². The molecule has 1 aromatic carbocycles. The Labute approximate surface area is 105 Å². The van der Waals surface area contributed by atoms with Crippen molar-refractivity contribution in [1.29, 1.82) is 0 Å². The highest BCUT2D eigenvalue weighted by atomic mass is 35.5. The van der Waals surface area contributed by atoms with E-state index in [0.29, 0.717) is 11.6 Å². The molecule has 0 spiro atoms. The molecule has 0 bridgehead atoms. The van der Waals surface area contributed by atoms with Gasteiger partial charge in [-0.05, 0) is 24.3 Å². The Bertz CT molecular complexity index is 303. The normalized spacial score (nSPS) is 9.80. The van der Waals surface area contributed by atoms with Gasteiger partial charge in [-0.1, -0.05) is 16.8 Å². The minimum absolute atomic E-state index is 0. The highest BCUT2D eigenvalue weighted by Gasteiger charge is 1.93. The molecule has 4 N–H and O–H groups in total. The summed E-state index contributed by atoms with van der Waals surface area (Å²) in [5, 5.41) is 14.7. The third-order valence-electron chi connectivity index (χ3n) is 1.45. The van der Waals surface area contributed by atoms with Crippen molar-refractivity contribution in [3.8, 4) is 0 Å². The summed E-state index contributed by atoms with van der Waals surface area (Å²) in [6, 6.07) is 7.15. The second kappa shape index (κ2) is 8.47. The van der Waals surface area contributed by atoms with Gasteiger partial charge in [0.1, 0.15) is 0 Å². The van der Waals surface area contributed by atoms with E-state index in [1.165, 1.54) is 0 Å². The summed E-state index contributed by atoms with van der Waals surface area (Å²) in [4.78, 5) is 0. The molecule has 0 atom stereocenters. The van der Waals surface area contributed by atoms with E-state index in [0.717, 1.165) is 5.69 Å². The van der Waals surface area contributed by atoms with Crippen LogP contribution in [0.1, 0.15) is 0 Å². The van der Waals surface area contributed by atoms with Crippen molar-refractivity contribution in [3.05, 3.63) is 29.3 Å². The lowest BCUT2D eigenvalue weighted by Crippen LogP contribution is -2.22. The van der Waals surface area contributed by atoms with Crippen molar-refractivity contribution in [2.75, 3.05) is 11.9 Å². The van der Waals surface area contributed by atoms with Gasteiger partial charge in [-0.2, -0.15) is 0 Å². The summed E-state index contributed by atoms with van der Waals surface area (Å²) in [6.45, 7) is 0.304. The molecule has 0 aliphatic carbocycles. The molecule has 0 aliphatic rings. The third-order valence-corrected chi connectivity index (χ3v) is 1.70. The number of halogens is 3. The maximum atomic E-state index is 8.26. The van der Waals surface area contributed by atoms with E-state index in [2.05, 4.69) is 10.5 Å². The van der Waals surface area contributed by atoms with Crippen LogP contribution in [0.3, 0.4) is 0 Å². The topological polar surface area (TPSA) is 70.6 Å². The van der Waals surface area contributed by atoms with Gasteiger partial charge in [0.15, 0.2) is 5.84 Å². The lowest BCUT2D eigenvalue weighted by molar-refractivity contribution is 0.317. The average molecular weight is 273 g/mol. The Kier molecular flexibility index (Phi) is 9.36. The predicted molar refractivity (Wildman–Crippen MR) is 67.8 cm³/mol. The molecule has 0 aliphatic heterocycles. The maximum Gasteiger partial charge on any atom is 0.158 e. The van der Waals surface area contributed by atoms with E-state index in [1.807, 2.05) is 12.1 Å². The molecule has 0 aromatic heterocycles. The zero-order valence-corrected chi connectivity index (χ0v) is 10.1. The molecule has 0 amide bonds. The van der Waals surface area contributed by atoms with Gasteiger partial charge < -0.3 is 16.3 Å². The number of oxime groups is 1. The van der Waals surface area contributed by atoms with Crippen molar-refractivity contribution < 1.29 is 5.21 Å². The minimum atomic E-state index is 0. The summed E-state index contributed by atoms with van der Waals surface area (Å²) in [5.41, 5.74) is 6.13. The lowest BCUT2D eigenvalue weighted by atomic mass is 10.3. The quantitative estimate of drug-likeness (QED) is 0.342. The van der Waals surface area contributed by atoms with Crippen LogP contribution in [0.5, 0.6) is 0 Å². The van der Waals surface area contributed by atoms with Crippen LogP contribution in [0.25, 0.3) is 0 Å². The molecule has 0 radical (unpaired) electrons. The van der Waals surface area contributed by atoms with Gasteiger partial charge in [-0.15, -0.1) is 24.8 Å². The standard InChI is InChI=1S/C8H10ClN3O.2ClH/c9-6-1-3-7(4-2-6)11-5-8(10)12-13;;/h1-4,11,13H,5H2,(H2,10,12);2*1H. The SMILES string of the molecule is Cl.Cl.N/C(CNc1ccc(Cl)cc1)=N/O. The number of hydrogen-bond acceptors (Lipinski definition) is 3. The van der Waals surface area contributed by atoms with E-state index < -0.39 is 0 Å². The Morgan fingerprint density at radius 2 is 1.87 bits per heavy atom. The Morgan fingerprint density at radius 3 is 2.33 bits per heavy atom. The van der Waals surface area contributed by atoms with E-state index in [9.17, 15) is 0 Å². The minimum Gasteiger partial charge on any atom is -0.409 e. The first-order valence-electron chi connectivity index (χ1n) is 3.68. The van der Waals surface area contributed by atoms with E-state index in [4.69, 9.17) is 22.5 Å². The van der Waals surface area contributed by atoms with Crippen LogP contribution in [0.15, 0.2) is 29.4 Å². The first-order valence-corrected chi connectivity index (χ1v) is 4.06. The highest BCUT2D eigenvalue weighted by Crippen LogP contribution is 2.12. The Balaban J connectivity index is 0. The van der Waals surface area contributed by atoms with Crippen LogP contribution < -0.4 is 11.1 Å². The van der Waals surface area contributed by atoms with Gasteiger partial charge in [0, 0.05) is 10.7 Å². The van der Waals surface area contributed by atoms with E-state index in [1.54, 1.807) is 12.1 Å².